The average molecular weight is 293 g/mol. The van der Waals surface area contributed by atoms with Crippen LogP contribution in [0, 0.1) is 17.8 Å². The molecule has 1 aromatic rings. The van der Waals surface area contributed by atoms with E-state index in [-0.39, 0.29) is 0 Å². The van der Waals surface area contributed by atoms with Gasteiger partial charge in [-0.05, 0) is 47.3 Å². The molecule has 1 heterocycles. The topological polar surface area (TPSA) is 9.23 Å². The van der Waals surface area contributed by atoms with Crippen LogP contribution in [0.15, 0.2) is 18.2 Å². The summed E-state index contributed by atoms with van der Waals surface area (Å²) in [4.78, 5) is 0.573. The molecule has 1 aliphatic heterocycles. The van der Waals surface area contributed by atoms with E-state index in [1.54, 1.807) is 0 Å². The molecule has 17 heavy (non-hydrogen) atoms. The fourth-order valence-electron chi connectivity index (χ4n) is 3.90. The second kappa shape index (κ2) is 3.83. The zero-order chi connectivity index (χ0) is 11.4. The number of benzene rings is 1. The molecular weight excluding hydrogens is 276 g/mol. The van der Waals surface area contributed by atoms with Gasteiger partial charge in [-0.25, -0.2) is 0 Å². The van der Waals surface area contributed by atoms with Gasteiger partial charge >= 0.3 is 0 Å². The first-order chi connectivity index (χ1) is 8.34. The minimum atomic E-state index is 0.573. The molecule has 3 unspecified atom stereocenters. The van der Waals surface area contributed by atoms with Gasteiger partial charge in [0.1, 0.15) is 0 Å². The van der Waals surface area contributed by atoms with Gasteiger partial charge in [0.15, 0.2) is 0 Å². The van der Waals surface area contributed by atoms with Gasteiger partial charge in [0.2, 0.25) is 0 Å². The zero-order valence-electron chi connectivity index (χ0n) is 9.86. The van der Waals surface area contributed by atoms with Crippen LogP contribution in [0.4, 0.5) is 0 Å². The minimum Gasteiger partial charge on any atom is -0.372 e. The molecule has 0 radical (unpaired) electrons. The second-order valence-electron chi connectivity index (χ2n) is 5.76. The van der Waals surface area contributed by atoms with Crippen molar-refractivity contribution in [1.29, 1.82) is 0 Å². The Morgan fingerprint density at radius 2 is 1.88 bits per heavy atom. The van der Waals surface area contributed by atoms with E-state index in [1.807, 2.05) is 0 Å². The van der Waals surface area contributed by atoms with Crippen LogP contribution in [-0.4, -0.2) is 0 Å². The Morgan fingerprint density at radius 3 is 2.71 bits per heavy atom. The summed E-state index contributed by atoms with van der Waals surface area (Å²) in [5.41, 5.74) is 4.25. The Hall–Kier alpha value is -0.340. The van der Waals surface area contributed by atoms with Crippen molar-refractivity contribution in [3.8, 4) is 0 Å². The fourth-order valence-corrected chi connectivity index (χ4v) is 4.97. The van der Waals surface area contributed by atoms with Crippen molar-refractivity contribution in [1.82, 2.24) is 0 Å². The van der Waals surface area contributed by atoms with Crippen LogP contribution in [0.3, 0.4) is 0 Å². The fraction of sp³-hybridized carbons (Fsp3) is 0.600. The zero-order valence-corrected chi connectivity index (χ0v) is 11.4. The van der Waals surface area contributed by atoms with Gasteiger partial charge in [-0.15, -0.1) is 0 Å². The smallest absolute Gasteiger partial charge is 0.0725 e. The summed E-state index contributed by atoms with van der Waals surface area (Å²) in [6.45, 7) is 1.61. The van der Waals surface area contributed by atoms with Crippen molar-refractivity contribution < 1.29 is 4.74 Å². The quantitative estimate of drug-likeness (QED) is 0.743. The lowest BCUT2D eigenvalue weighted by atomic mass is 9.99. The summed E-state index contributed by atoms with van der Waals surface area (Å²) in [5, 5.41) is 0. The average Bonchev–Trinajstić information content (AvgIpc) is 2.75. The van der Waals surface area contributed by atoms with Gasteiger partial charge in [0.05, 0.1) is 13.2 Å². The number of ether oxygens (including phenoxy) is 1. The molecule has 0 N–H and O–H groups in total. The molecule has 2 aliphatic carbocycles. The number of hydrogen-bond acceptors (Lipinski definition) is 1. The monoisotopic (exact) mass is 292 g/mol. The molecule has 3 atom stereocenters. The molecule has 2 saturated carbocycles. The van der Waals surface area contributed by atoms with Crippen LogP contribution < -0.4 is 0 Å². The molecule has 90 valence electrons. The summed E-state index contributed by atoms with van der Waals surface area (Å²) in [7, 11) is 0. The lowest BCUT2D eigenvalue weighted by Gasteiger charge is -2.13. The van der Waals surface area contributed by atoms with Crippen LogP contribution in [-0.2, 0) is 18.0 Å². The van der Waals surface area contributed by atoms with Gasteiger partial charge in [-0.1, -0.05) is 40.5 Å². The van der Waals surface area contributed by atoms with Gasteiger partial charge in [0, 0.05) is 4.83 Å². The highest BCUT2D eigenvalue weighted by Crippen LogP contribution is 2.64. The molecule has 1 nitrogen and oxygen atoms in total. The molecule has 0 bridgehead atoms. The first kappa shape index (κ1) is 10.6. The predicted octanol–water partition coefficient (Wildman–Crippen LogP) is 4.20. The first-order valence-corrected chi connectivity index (χ1v) is 7.59. The molecule has 4 rings (SSSR count). The van der Waals surface area contributed by atoms with E-state index < -0.39 is 0 Å². The van der Waals surface area contributed by atoms with Crippen LogP contribution >= 0.6 is 15.9 Å². The molecule has 2 heteroatoms. The van der Waals surface area contributed by atoms with E-state index in [9.17, 15) is 0 Å². The summed E-state index contributed by atoms with van der Waals surface area (Å²) >= 11 is 3.94. The molecule has 0 amide bonds. The second-order valence-corrected chi connectivity index (χ2v) is 6.75. The highest BCUT2D eigenvalue weighted by atomic mass is 79.9. The Kier molecular flexibility index (Phi) is 2.38. The maximum atomic E-state index is 5.49. The Labute approximate surface area is 111 Å². The summed E-state index contributed by atoms with van der Waals surface area (Å²) < 4.78 is 5.49. The van der Waals surface area contributed by atoms with E-state index in [0.29, 0.717) is 4.83 Å². The normalized spacial score (nSPS) is 35.5. The molecule has 0 saturated heterocycles. The standard InChI is InChI=1S/C15H17BrO/c16-15(14-12-2-1-3-13(12)14)9-4-5-10-7-17-8-11(10)6-9/h4-6,12-15H,1-3,7-8H2. The van der Waals surface area contributed by atoms with Crippen LogP contribution in [0.1, 0.15) is 40.8 Å². The molecule has 0 aromatic heterocycles. The van der Waals surface area contributed by atoms with Crippen molar-refractivity contribution in [2.45, 2.75) is 37.3 Å². The number of hydrogen-bond donors (Lipinski definition) is 0. The molecule has 2 fully saturated rings. The molecular formula is C15H17BrO. The first-order valence-electron chi connectivity index (χ1n) is 6.68. The Balaban J connectivity index is 1.58. The number of alkyl halides is 1. The maximum absolute atomic E-state index is 5.49. The highest BCUT2D eigenvalue weighted by Gasteiger charge is 2.55. The van der Waals surface area contributed by atoms with Crippen LogP contribution in [0.2, 0.25) is 0 Å². The van der Waals surface area contributed by atoms with Crippen molar-refractivity contribution in [3.63, 3.8) is 0 Å². The van der Waals surface area contributed by atoms with Crippen molar-refractivity contribution >= 4 is 15.9 Å². The molecule has 3 aliphatic rings. The van der Waals surface area contributed by atoms with Gasteiger partial charge < -0.3 is 4.74 Å². The summed E-state index contributed by atoms with van der Waals surface area (Å²) in [6.07, 6.45) is 4.39. The number of fused-ring (bicyclic) bond motifs is 2. The third kappa shape index (κ3) is 1.61. The van der Waals surface area contributed by atoms with Gasteiger partial charge in [-0.3, -0.25) is 0 Å². The lowest BCUT2D eigenvalue weighted by Crippen LogP contribution is -1.99. The van der Waals surface area contributed by atoms with Crippen LogP contribution in [0.25, 0.3) is 0 Å². The summed E-state index contributed by atoms with van der Waals surface area (Å²) in [5.74, 6) is 2.94. The van der Waals surface area contributed by atoms with Gasteiger partial charge in [-0.2, -0.15) is 0 Å². The van der Waals surface area contributed by atoms with E-state index in [1.165, 1.54) is 36.0 Å². The predicted molar refractivity (Wildman–Crippen MR) is 70.9 cm³/mol. The number of halogens is 1. The van der Waals surface area contributed by atoms with E-state index in [4.69, 9.17) is 4.74 Å². The lowest BCUT2D eigenvalue weighted by molar-refractivity contribution is 0.134. The molecule has 1 aromatic carbocycles. The third-order valence-corrected chi connectivity index (χ3v) is 6.01. The number of rotatable bonds is 2. The molecule has 0 spiro atoms. The Morgan fingerprint density at radius 1 is 1.12 bits per heavy atom. The summed E-state index contributed by atoms with van der Waals surface area (Å²) in [6, 6.07) is 6.90. The largest absolute Gasteiger partial charge is 0.372 e. The van der Waals surface area contributed by atoms with E-state index in [0.717, 1.165) is 31.0 Å². The van der Waals surface area contributed by atoms with Crippen molar-refractivity contribution in [2.75, 3.05) is 0 Å². The SMILES string of the molecule is BrC(c1ccc2c(c1)COC2)C1C2CCCC21. The third-order valence-electron chi connectivity index (χ3n) is 4.87. The maximum Gasteiger partial charge on any atom is 0.0725 e. The minimum absolute atomic E-state index is 0.573. The van der Waals surface area contributed by atoms with E-state index in [2.05, 4.69) is 34.1 Å². The van der Waals surface area contributed by atoms with Gasteiger partial charge in [0.25, 0.3) is 0 Å². The van der Waals surface area contributed by atoms with E-state index >= 15 is 0 Å². The van der Waals surface area contributed by atoms with Crippen LogP contribution in [0.5, 0.6) is 0 Å². The highest BCUT2D eigenvalue weighted by molar-refractivity contribution is 9.09. The Bertz CT molecular complexity index is 446. The van der Waals surface area contributed by atoms with Crippen molar-refractivity contribution in [3.05, 3.63) is 34.9 Å². The van der Waals surface area contributed by atoms with Crippen molar-refractivity contribution in [2.24, 2.45) is 17.8 Å².